The summed E-state index contributed by atoms with van der Waals surface area (Å²) in [6.07, 6.45) is -4.56. The van der Waals surface area contributed by atoms with Gasteiger partial charge in [0.05, 0.1) is 12.6 Å². The number of Topliss-reactive ketones (excluding diaryl/α,β-unsaturated/α-hetero) is 1. The lowest BCUT2D eigenvalue weighted by Gasteiger charge is -2.41. The highest BCUT2D eigenvalue weighted by molar-refractivity contribution is 5.96. The standard InChI is InChI=1S/C22H23NO5/c1-13(25)16-9-5-8-15(11-10-14-6-3-2-4-7-14)18(16)22-19(23)21(27)20(26)17(12-24)28-22/h2-9,17,19-22,24,26-27H,12,23H2,1H3/t17-,19-,20+,21-,22?/m1/s1. The fourth-order valence-corrected chi connectivity index (χ4v) is 3.35. The fourth-order valence-electron chi connectivity index (χ4n) is 3.35. The van der Waals surface area contributed by atoms with Crippen molar-refractivity contribution in [1.29, 1.82) is 0 Å². The minimum absolute atomic E-state index is 0.199. The molecule has 1 heterocycles. The Labute approximate surface area is 163 Å². The normalized spacial score (nSPS) is 27.0. The van der Waals surface area contributed by atoms with Crippen LogP contribution in [0.25, 0.3) is 0 Å². The first-order chi connectivity index (χ1) is 13.4. The molecule has 1 fully saturated rings. The number of ether oxygens (including phenoxy) is 1. The average Bonchev–Trinajstić information content (AvgIpc) is 2.71. The molecular formula is C22H23NO5. The maximum Gasteiger partial charge on any atom is 0.160 e. The topological polar surface area (TPSA) is 113 Å². The van der Waals surface area contributed by atoms with E-state index in [9.17, 15) is 20.1 Å². The van der Waals surface area contributed by atoms with Crippen LogP contribution in [0.2, 0.25) is 0 Å². The van der Waals surface area contributed by atoms with Crippen molar-refractivity contribution in [2.24, 2.45) is 5.73 Å². The zero-order valence-corrected chi connectivity index (χ0v) is 15.4. The highest BCUT2D eigenvalue weighted by Gasteiger charge is 2.44. The maximum atomic E-state index is 12.2. The molecule has 0 bridgehead atoms. The van der Waals surface area contributed by atoms with Crippen molar-refractivity contribution >= 4 is 5.78 Å². The summed E-state index contributed by atoms with van der Waals surface area (Å²) in [5.74, 6) is 5.91. The molecule has 146 valence electrons. The van der Waals surface area contributed by atoms with Crippen LogP contribution in [0.3, 0.4) is 0 Å². The largest absolute Gasteiger partial charge is 0.394 e. The second kappa shape index (κ2) is 8.65. The Morgan fingerprint density at radius 2 is 1.79 bits per heavy atom. The first kappa shape index (κ1) is 20.2. The number of benzene rings is 2. The molecule has 1 saturated heterocycles. The number of rotatable bonds is 3. The summed E-state index contributed by atoms with van der Waals surface area (Å²) in [5.41, 5.74) is 8.30. The SMILES string of the molecule is CC(=O)c1cccc(C#Cc2ccccc2)c1C1O[C@H](CO)[C@H](O)[C@H](O)[C@H]1N. The molecule has 1 unspecified atom stereocenters. The number of aliphatic hydroxyl groups is 3. The number of ketones is 1. The second-order valence-corrected chi connectivity index (χ2v) is 6.78. The Morgan fingerprint density at radius 1 is 1.07 bits per heavy atom. The lowest BCUT2D eigenvalue weighted by Crippen LogP contribution is -2.58. The summed E-state index contributed by atoms with van der Waals surface area (Å²) in [6, 6.07) is 13.5. The van der Waals surface area contributed by atoms with E-state index >= 15 is 0 Å². The summed E-state index contributed by atoms with van der Waals surface area (Å²) < 4.78 is 5.80. The number of hydrogen-bond donors (Lipinski definition) is 4. The first-order valence-corrected chi connectivity index (χ1v) is 9.03. The Bertz CT molecular complexity index is 900. The van der Waals surface area contributed by atoms with Crippen molar-refractivity contribution in [1.82, 2.24) is 0 Å². The molecule has 28 heavy (non-hydrogen) atoms. The van der Waals surface area contributed by atoms with Crippen LogP contribution < -0.4 is 5.73 Å². The second-order valence-electron chi connectivity index (χ2n) is 6.78. The molecule has 0 aliphatic carbocycles. The number of nitrogens with two attached hydrogens (primary N) is 1. The van der Waals surface area contributed by atoms with Crippen LogP contribution in [0.15, 0.2) is 48.5 Å². The molecule has 1 aliphatic heterocycles. The summed E-state index contributed by atoms with van der Waals surface area (Å²) in [4.78, 5) is 12.2. The predicted octanol–water partition coefficient (Wildman–Crippen LogP) is 0.770. The van der Waals surface area contributed by atoms with Gasteiger partial charge < -0.3 is 25.8 Å². The molecule has 5 N–H and O–H groups in total. The van der Waals surface area contributed by atoms with Gasteiger partial charge in [-0.15, -0.1) is 0 Å². The van der Waals surface area contributed by atoms with Crippen LogP contribution in [0.4, 0.5) is 0 Å². The number of carbonyl (C=O) groups excluding carboxylic acids is 1. The van der Waals surface area contributed by atoms with E-state index in [0.29, 0.717) is 16.7 Å². The van der Waals surface area contributed by atoms with E-state index in [0.717, 1.165) is 5.56 Å². The van der Waals surface area contributed by atoms with E-state index < -0.39 is 37.1 Å². The number of hydrogen-bond acceptors (Lipinski definition) is 6. The van der Waals surface area contributed by atoms with Gasteiger partial charge in [-0.1, -0.05) is 42.2 Å². The summed E-state index contributed by atoms with van der Waals surface area (Å²) in [6.45, 7) is 0.936. The lowest BCUT2D eigenvalue weighted by molar-refractivity contribution is -0.191. The Morgan fingerprint density at radius 3 is 2.43 bits per heavy atom. The third-order valence-corrected chi connectivity index (χ3v) is 4.86. The van der Waals surface area contributed by atoms with Crippen molar-refractivity contribution in [2.45, 2.75) is 37.4 Å². The van der Waals surface area contributed by atoms with Gasteiger partial charge >= 0.3 is 0 Å². The highest BCUT2D eigenvalue weighted by atomic mass is 16.5. The van der Waals surface area contributed by atoms with Gasteiger partial charge in [-0.3, -0.25) is 4.79 Å². The van der Waals surface area contributed by atoms with Crippen molar-refractivity contribution < 1.29 is 24.9 Å². The zero-order chi connectivity index (χ0) is 20.3. The van der Waals surface area contributed by atoms with Gasteiger partial charge in [0.25, 0.3) is 0 Å². The van der Waals surface area contributed by atoms with Crippen LogP contribution in [-0.4, -0.2) is 52.1 Å². The molecule has 1 aliphatic rings. The van der Waals surface area contributed by atoms with Crippen molar-refractivity contribution in [3.8, 4) is 11.8 Å². The van der Waals surface area contributed by atoms with Gasteiger partial charge in [-0.2, -0.15) is 0 Å². The molecule has 5 atom stereocenters. The van der Waals surface area contributed by atoms with Crippen LogP contribution in [-0.2, 0) is 4.74 Å². The van der Waals surface area contributed by atoms with Gasteiger partial charge in [0, 0.05) is 22.3 Å². The molecule has 0 amide bonds. The highest BCUT2D eigenvalue weighted by Crippen LogP contribution is 2.35. The molecule has 0 spiro atoms. The summed E-state index contributed by atoms with van der Waals surface area (Å²) in [7, 11) is 0. The van der Waals surface area contributed by atoms with E-state index in [-0.39, 0.29) is 5.78 Å². The van der Waals surface area contributed by atoms with Gasteiger partial charge in [0.2, 0.25) is 0 Å². The van der Waals surface area contributed by atoms with E-state index in [4.69, 9.17) is 10.5 Å². The molecule has 0 saturated carbocycles. The lowest BCUT2D eigenvalue weighted by atomic mass is 9.85. The van der Waals surface area contributed by atoms with E-state index in [1.54, 1.807) is 18.2 Å². The van der Waals surface area contributed by atoms with Crippen molar-refractivity contribution in [3.63, 3.8) is 0 Å². The average molecular weight is 381 g/mol. The third kappa shape index (κ3) is 3.99. The first-order valence-electron chi connectivity index (χ1n) is 9.03. The van der Waals surface area contributed by atoms with E-state index in [1.807, 2.05) is 30.3 Å². The zero-order valence-electron chi connectivity index (χ0n) is 15.4. The van der Waals surface area contributed by atoms with E-state index in [1.165, 1.54) is 6.92 Å². The van der Waals surface area contributed by atoms with Gasteiger partial charge in [0.15, 0.2) is 5.78 Å². The van der Waals surface area contributed by atoms with Crippen molar-refractivity contribution in [2.75, 3.05) is 6.61 Å². The minimum atomic E-state index is -1.32. The molecule has 0 radical (unpaired) electrons. The Kier molecular flexibility index (Phi) is 6.25. The van der Waals surface area contributed by atoms with Gasteiger partial charge in [0.1, 0.15) is 24.4 Å². The predicted molar refractivity (Wildman–Crippen MR) is 104 cm³/mol. The quantitative estimate of drug-likeness (QED) is 0.461. The smallest absolute Gasteiger partial charge is 0.160 e. The molecule has 2 aromatic rings. The Balaban J connectivity index is 2.10. The molecule has 2 aromatic carbocycles. The molecule has 3 rings (SSSR count). The molecule has 6 heteroatoms. The van der Waals surface area contributed by atoms with Crippen LogP contribution in [0, 0.1) is 11.8 Å². The van der Waals surface area contributed by atoms with Crippen molar-refractivity contribution in [3.05, 3.63) is 70.8 Å². The third-order valence-electron chi connectivity index (χ3n) is 4.86. The van der Waals surface area contributed by atoms with Gasteiger partial charge in [-0.25, -0.2) is 0 Å². The number of aliphatic hydroxyl groups excluding tert-OH is 3. The number of carbonyl (C=O) groups is 1. The summed E-state index contributed by atoms with van der Waals surface area (Å²) in [5, 5.41) is 29.9. The van der Waals surface area contributed by atoms with Crippen LogP contribution in [0.5, 0.6) is 0 Å². The molecular weight excluding hydrogens is 358 g/mol. The monoisotopic (exact) mass is 381 g/mol. The van der Waals surface area contributed by atoms with Gasteiger partial charge in [-0.05, 0) is 25.1 Å². The van der Waals surface area contributed by atoms with Crippen LogP contribution in [0.1, 0.15) is 40.1 Å². The maximum absolute atomic E-state index is 12.2. The van der Waals surface area contributed by atoms with E-state index in [2.05, 4.69) is 11.8 Å². The molecule has 0 aromatic heterocycles. The fraction of sp³-hybridized carbons (Fsp3) is 0.318. The minimum Gasteiger partial charge on any atom is -0.394 e. The summed E-state index contributed by atoms with van der Waals surface area (Å²) >= 11 is 0. The molecule has 6 nitrogen and oxygen atoms in total. The Hall–Kier alpha value is -2.53. The van der Waals surface area contributed by atoms with Crippen LogP contribution >= 0.6 is 0 Å².